The maximum absolute atomic E-state index is 12.6. The van der Waals surface area contributed by atoms with Crippen molar-refractivity contribution in [3.8, 4) is 0 Å². The van der Waals surface area contributed by atoms with Gasteiger partial charge in [-0.25, -0.2) is 0 Å². The highest BCUT2D eigenvalue weighted by atomic mass is 16.5. The van der Waals surface area contributed by atoms with Crippen molar-refractivity contribution in [2.45, 2.75) is 45.3 Å². The number of ether oxygens (including phenoxy) is 2. The average Bonchev–Trinajstić information content (AvgIpc) is 2.89. The zero-order valence-corrected chi connectivity index (χ0v) is 12.8. The first-order valence-electron chi connectivity index (χ1n) is 7.83. The van der Waals surface area contributed by atoms with E-state index in [9.17, 15) is 4.79 Å². The second-order valence-electron chi connectivity index (χ2n) is 8.01. The molecule has 0 amide bonds. The molecule has 0 aromatic carbocycles. The number of methoxy groups -OCH3 is 1. The number of esters is 1. The van der Waals surface area contributed by atoms with Gasteiger partial charge in [-0.15, -0.1) is 0 Å². The molecular formula is C17H24O3. The summed E-state index contributed by atoms with van der Waals surface area (Å²) >= 11 is 0. The lowest BCUT2D eigenvalue weighted by molar-refractivity contribution is -0.160. The van der Waals surface area contributed by atoms with E-state index < -0.39 is 0 Å². The third-order valence-electron chi connectivity index (χ3n) is 6.10. The van der Waals surface area contributed by atoms with Crippen molar-refractivity contribution in [3.05, 3.63) is 12.2 Å². The maximum Gasteiger partial charge on any atom is 0.312 e. The summed E-state index contributed by atoms with van der Waals surface area (Å²) in [4.78, 5) is 12.6. The lowest BCUT2D eigenvalue weighted by Crippen LogP contribution is -2.41. The highest BCUT2D eigenvalue weighted by Crippen LogP contribution is 2.83. The molecule has 0 unspecified atom stereocenters. The van der Waals surface area contributed by atoms with Crippen LogP contribution in [0.3, 0.4) is 0 Å². The van der Waals surface area contributed by atoms with Gasteiger partial charge in [0.2, 0.25) is 0 Å². The lowest BCUT2D eigenvalue weighted by atomic mass is 9.73. The van der Waals surface area contributed by atoms with Crippen LogP contribution >= 0.6 is 0 Å². The van der Waals surface area contributed by atoms with Crippen LogP contribution in [0.2, 0.25) is 0 Å². The molecule has 110 valence electrons. The van der Waals surface area contributed by atoms with E-state index in [0.29, 0.717) is 29.6 Å². The quantitative estimate of drug-likeness (QED) is 0.574. The second-order valence-corrected chi connectivity index (χ2v) is 8.01. The van der Waals surface area contributed by atoms with E-state index in [1.807, 2.05) is 0 Å². The van der Waals surface area contributed by atoms with E-state index in [1.54, 1.807) is 0 Å². The van der Waals surface area contributed by atoms with E-state index in [1.165, 1.54) is 7.11 Å². The third-order valence-corrected chi connectivity index (χ3v) is 6.10. The Morgan fingerprint density at radius 3 is 2.60 bits per heavy atom. The molecule has 6 bridgehead atoms. The molecule has 0 aromatic heterocycles. The molecule has 5 rings (SSSR count). The van der Waals surface area contributed by atoms with E-state index in [2.05, 4.69) is 32.9 Å². The van der Waals surface area contributed by atoms with Crippen molar-refractivity contribution in [1.82, 2.24) is 0 Å². The van der Waals surface area contributed by atoms with Gasteiger partial charge in [0.05, 0.1) is 24.2 Å². The van der Waals surface area contributed by atoms with Crippen LogP contribution in [0.25, 0.3) is 0 Å². The van der Waals surface area contributed by atoms with Crippen molar-refractivity contribution in [3.63, 3.8) is 0 Å². The molecule has 0 heterocycles. The fourth-order valence-electron chi connectivity index (χ4n) is 5.85. The number of carbonyl (C=O) groups is 1. The predicted molar refractivity (Wildman–Crippen MR) is 74.9 cm³/mol. The van der Waals surface area contributed by atoms with Crippen molar-refractivity contribution in [2.75, 3.05) is 7.11 Å². The van der Waals surface area contributed by atoms with Gasteiger partial charge in [-0.1, -0.05) is 12.2 Å². The van der Waals surface area contributed by atoms with Crippen LogP contribution in [0.1, 0.15) is 33.6 Å². The first-order chi connectivity index (χ1) is 9.42. The van der Waals surface area contributed by atoms with Crippen LogP contribution in [0.4, 0.5) is 0 Å². The molecular weight excluding hydrogens is 252 g/mol. The summed E-state index contributed by atoms with van der Waals surface area (Å²) in [6, 6.07) is 0. The van der Waals surface area contributed by atoms with Gasteiger partial charge in [-0.3, -0.25) is 4.79 Å². The fourth-order valence-corrected chi connectivity index (χ4v) is 5.85. The largest absolute Gasteiger partial charge is 0.469 e. The fraction of sp³-hybridized carbons (Fsp3) is 0.824. The Balaban J connectivity index is 1.74. The summed E-state index contributed by atoms with van der Waals surface area (Å²) in [5, 5.41) is 0. The first kappa shape index (κ1) is 12.9. The normalized spacial score (nSPS) is 51.0. The smallest absolute Gasteiger partial charge is 0.312 e. The zero-order chi connectivity index (χ0) is 14.3. The molecule has 20 heavy (non-hydrogen) atoms. The topological polar surface area (TPSA) is 35.5 Å². The van der Waals surface area contributed by atoms with Crippen LogP contribution in [0.5, 0.6) is 0 Å². The lowest BCUT2D eigenvalue weighted by Gasteiger charge is -2.35. The Labute approximate surface area is 120 Å². The number of hydrogen-bond acceptors (Lipinski definition) is 3. The molecule has 0 radical (unpaired) electrons. The van der Waals surface area contributed by atoms with Gasteiger partial charge in [0.15, 0.2) is 0 Å². The number of rotatable bonds is 2. The monoisotopic (exact) mass is 276 g/mol. The molecule has 0 aromatic rings. The summed E-state index contributed by atoms with van der Waals surface area (Å²) in [6.45, 7) is 6.35. The molecule has 7 atom stereocenters. The van der Waals surface area contributed by atoms with Gasteiger partial charge in [-0.2, -0.15) is 0 Å². The van der Waals surface area contributed by atoms with E-state index >= 15 is 0 Å². The molecule has 5 aliphatic rings. The zero-order valence-electron chi connectivity index (χ0n) is 12.8. The van der Waals surface area contributed by atoms with E-state index in [4.69, 9.17) is 9.47 Å². The maximum atomic E-state index is 12.6. The van der Waals surface area contributed by atoms with Gasteiger partial charge in [0.25, 0.3) is 0 Å². The Hall–Kier alpha value is -0.830. The summed E-state index contributed by atoms with van der Waals surface area (Å²) < 4.78 is 11.6. The summed E-state index contributed by atoms with van der Waals surface area (Å²) in [6.07, 6.45) is 6.70. The molecule has 4 saturated carbocycles. The Bertz CT molecular complexity index is 489. The molecule has 5 aliphatic carbocycles. The summed E-state index contributed by atoms with van der Waals surface area (Å²) in [5.74, 6) is 2.83. The highest BCUT2D eigenvalue weighted by molar-refractivity contribution is 5.81. The van der Waals surface area contributed by atoms with Crippen LogP contribution in [-0.2, 0) is 14.3 Å². The average molecular weight is 276 g/mol. The third kappa shape index (κ3) is 1.33. The van der Waals surface area contributed by atoms with Crippen LogP contribution in [-0.4, -0.2) is 24.8 Å². The molecule has 3 heteroatoms. The standard InChI is InChI=1S/C17H24O3/c1-16(2,3)20-14-11-10-9-7-5-6-8-17(12(9)14,13(10)11)15(18)19-4/h5-6,9-14H,7-8H2,1-4H3/t9-,10+,11-,12-,13-,14-,17+/m1/s1. The van der Waals surface area contributed by atoms with Gasteiger partial charge in [-0.05, 0) is 57.3 Å². The Morgan fingerprint density at radius 1 is 1.20 bits per heavy atom. The van der Waals surface area contributed by atoms with E-state index in [-0.39, 0.29) is 23.1 Å². The molecule has 0 aliphatic heterocycles. The van der Waals surface area contributed by atoms with Gasteiger partial charge < -0.3 is 9.47 Å². The molecule has 0 saturated heterocycles. The summed E-state index contributed by atoms with van der Waals surface area (Å²) in [5.41, 5.74) is -0.416. The number of hydrogen-bond donors (Lipinski definition) is 0. The Kier molecular flexibility index (Phi) is 2.37. The van der Waals surface area contributed by atoms with Crippen LogP contribution < -0.4 is 0 Å². The number of allylic oxidation sites excluding steroid dienone is 2. The minimum Gasteiger partial charge on any atom is -0.469 e. The molecule has 3 nitrogen and oxygen atoms in total. The Morgan fingerprint density at radius 2 is 1.95 bits per heavy atom. The van der Waals surface area contributed by atoms with Gasteiger partial charge >= 0.3 is 5.97 Å². The van der Waals surface area contributed by atoms with Crippen molar-refractivity contribution in [2.24, 2.45) is 35.0 Å². The van der Waals surface area contributed by atoms with Crippen LogP contribution in [0.15, 0.2) is 12.2 Å². The van der Waals surface area contributed by atoms with E-state index in [0.717, 1.165) is 12.8 Å². The minimum absolute atomic E-state index is 0.00839. The van der Waals surface area contributed by atoms with Crippen LogP contribution in [0, 0.1) is 35.0 Å². The second kappa shape index (κ2) is 3.68. The van der Waals surface area contributed by atoms with Gasteiger partial charge in [0.1, 0.15) is 0 Å². The van der Waals surface area contributed by atoms with Crippen molar-refractivity contribution in [1.29, 1.82) is 0 Å². The SMILES string of the molecule is COC(=O)[C@@]12CC=CC[C@@H]3[C@H]4[C@@H]([C@@H](OC(C)(C)C)[C@@H]31)[C@@H]42. The number of carbonyl (C=O) groups excluding carboxylic acids is 1. The van der Waals surface area contributed by atoms with Crippen molar-refractivity contribution < 1.29 is 14.3 Å². The molecule has 0 N–H and O–H groups in total. The highest BCUT2D eigenvalue weighted by Gasteiger charge is 2.86. The minimum atomic E-state index is -0.280. The molecule has 0 spiro atoms. The van der Waals surface area contributed by atoms with Crippen molar-refractivity contribution >= 4 is 5.97 Å². The van der Waals surface area contributed by atoms with Gasteiger partial charge in [0, 0.05) is 5.92 Å². The predicted octanol–water partition coefficient (Wildman–Crippen LogP) is 2.80. The first-order valence-corrected chi connectivity index (χ1v) is 7.83. The molecule has 4 fully saturated rings. The summed E-state index contributed by atoms with van der Waals surface area (Å²) in [7, 11) is 1.54.